The van der Waals surface area contributed by atoms with Crippen LogP contribution in [0.3, 0.4) is 0 Å². The predicted octanol–water partition coefficient (Wildman–Crippen LogP) is 7.78. The molecular formula is C34H30O3. The number of rotatable bonds is 6. The standard InChI is InChI=1S/C34H30O3/c1-22-20-28(14-18-31(22)36)34(29-15-19-32(37)23(2)21-29)26-10-8-25(9-11-26)33(24-6-4-3-5-7-24)27-12-16-30(35)17-13-27/h3-21,33-37H,1-2H3. The number of phenols is 3. The fourth-order valence-electron chi connectivity index (χ4n) is 5.06. The Morgan fingerprint density at radius 2 is 0.757 bits per heavy atom. The van der Waals surface area contributed by atoms with Crippen LogP contribution in [-0.2, 0) is 0 Å². The van der Waals surface area contributed by atoms with Gasteiger partial charge < -0.3 is 15.3 Å². The molecular weight excluding hydrogens is 456 g/mol. The molecule has 1 unspecified atom stereocenters. The van der Waals surface area contributed by atoms with Gasteiger partial charge in [-0.15, -0.1) is 0 Å². The molecule has 37 heavy (non-hydrogen) atoms. The summed E-state index contributed by atoms with van der Waals surface area (Å²) in [4.78, 5) is 0. The smallest absolute Gasteiger partial charge is 0.118 e. The molecule has 0 amide bonds. The monoisotopic (exact) mass is 486 g/mol. The molecule has 5 aromatic rings. The summed E-state index contributed by atoms with van der Waals surface area (Å²) in [7, 11) is 0. The largest absolute Gasteiger partial charge is 0.508 e. The van der Waals surface area contributed by atoms with Gasteiger partial charge in [0.1, 0.15) is 17.2 Å². The van der Waals surface area contributed by atoms with E-state index in [1.54, 1.807) is 24.3 Å². The molecule has 5 aromatic carbocycles. The Balaban J connectivity index is 1.60. The fourth-order valence-corrected chi connectivity index (χ4v) is 5.06. The van der Waals surface area contributed by atoms with Crippen molar-refractivity contribution in [3.05, 3.63) is 160 Å². The minimum Gasteiger partial charge on any atom is -0.508 e. The van der Waals surface area contributed by atoms with Gasteiger partial charge in [0.25, 0.3) is 0 Å². The van der Waals surface area contributed by atoms with Crippen LogP contribution in [0.2, 0.25) is 0 Å². The Labute approximate surface area is 218 Å². The van der Waals surface area contributed by atoms with Crippen LogP contribution in [0.25, 0.3) is 0 Å². The zero-order valence-electron chi connectivity index (χ0n) is 21.0. The first kappa shape index (κ1) is 24.2. The van der Waals surface area contributed by atoms with E-state index in [2.05, 4.69) is 36.4 Å². The maximum atomic E-state index is 10.1. The summed E-state index contributed by atoms with van der Waals surface area (Å²) < 4.78 is 0. The molecule has 0 fully saturated rings. The summed E-state index contributed by atoms with van der Waals surface area (Å²) >= 11 is 0. The summed E-state index contributed by atoms with van der Waals surface area (Å²) in [5.41, 5.74) is 8.37. The van der Waals surface area contributed by atoms with E-state index in [4.69, 9.17) is 0 Å². The van der Waals surface area contributed by atoms with Crippen molar-refractivity contribution in [3.63, 3.8) is 0 Å². The number of phenolic OH excluding ortho intramolecular Hbond substituents is 3. The lowest BCUT2D eigenvalue weighted by molar-refractivity contribution is 0.470. The second-order valence-electron chi connectivity index (χ2n) is 9.63. The topological polar surface area (TPSA) is 60.7 Å². The molecule has 0 aromatic heterocycles. The molecule has 5 rings (SSSR count). The molecule has 0 saturated carbocycles. The van der Waals surface area contributed by atoms with Crippen LogP contribution in [0.1, 0.15) is 56.3 Å². The molecule has 3 heteroatoms. The van der Waals surface area contributed by atoms with E-state index in [1.165, 1.54) is 5.56 Å². The number of benzene rings is 5. The molecule has 0 aliphatic rings. The second-order valence-corrected chi connectivity index (χ2v) is 9.63. The van der Waals surface area contributed by atoms with Gasteiger partial charge in [-0.25, -0.2) is 0 Å². The third-order valence-corrected chi connectivity index (χ3v) is 7.07. The summed E-state index contributed by atoms with van der Waals surface area (Å²) in [5.74, 6) is 0.776. The van der Waals surface area contributed by atoms with Crippen LogP contribution in [0.15, 0.2) is 115 Å². The third-order valence-electron chi connectivity index (χ3n) is 7.07. The summed E-state index contributed by atoms with van der Waals surface area (Å²) in [5, 5.41) is 30.1. The number of aromatic hydroxyl groups is 3. The lowest BCUT2D eigenvalue weighted by atomic mass is 9.81. The van der Waals surface area contributed by atoms with Crippen molar-refractivity contribution in [1.82, 2.24) is 0 Å². The average molecular weight is 487 g/mol. The molecule has 0 aliphatic carbocycles. The van der Waals surface area contributed by atoms with Gasteiger partial charge in [0.05, 0.1) is 0 Å². The number of hydrogen-bond acceptors (Lipinski definition) is 3. The Morgan fingerprint density at radius 3 is 1.19 bits per heavy atom. The maximum absolute atomic E-state index is 10.1. The van der Waals surface area contributed by atoms with Crippen LogP contribution in [-0.4, -0.2) is 15.3 Å². The van der Waals surface area contributed by atoms with Gasteiger partial charge in [0, 0.05) is 11.8 Å². The highest BCUT2D eigenvalue weighted by atomic mass is 16.3. The summed E-state index contributed by atoms with van der Waals surface area (Å²) in [6.07, 6.45) is 0. The quantitative estimate of drug-likeness (QED) is 0.215. The van der Waals surface area contributed by atoms with Crippen LogP contribution < -0.4 is 0 Å². The van der Waals surface area contributed by atoms with Crippen molar-refractivity contribution in [1.29, 1.82) is 0 Å². The predicted molar refractivity (Wildman–Crippen MR) is 149 cm³/mol. The van der Waals surface area contributed by atoms with E-state index < -0.39 is 0 Å². The van der Waals surface area contributed by atoms with E-state index in [-0.39, 0.29) is 29.1 Å². The molecule has 184 valence electrons. The molecule has 0 saturated heterocycles. The summed E-state index contributed by atoms with van der Waals surface area (Å²) in [6.45, 7) is 3.81. The Bertz CT molecular complexity index is 1450. The maximum Gasteiger partial charge on any atom is 0.118 e. The van der Waals surface area contributed by atoms with E-state index in [1.807, 2.05) is 68.4 Å². The molecule has 3 nitrogen and oxygen atoms in total. The van der Waals surface area contributed by atoms with E-state index in [0.717, 1.165) is 38.9 Å². The lowest BCUT2D eigenvalue weighted by Gasteiger charge is -2.23. The molecule has 0 radical (unpaired) electrons. The fraction of sp³-hybridized carbons (Fsp3) is 0.118. The number of hydrogen-bond donors (Lipinski definition) is 3. The van der Waals surface area contributed by atoms with Gasteiger partial charge in [0.15, 0.2) is 0 Å². The van der Waals surface area contributed by atoms with Gasteiger partial charge >= 0.3 is 0 Å². The van der Waals surface area contributed by atoms with Crippen molar-refractivity contribution in [2.75, 3.05) is 0 Å². The Morgan fingerprint density at radius 1 is 0.405 bits per heavy atom. The molecule has 0 aliphatic heterocycles. The first-order valence-electron chi connectivity index (χ1n) is 12.4. The third kappa shape index (κ3) is 5.07. The van der Waals surface area contributed by atoms with Crippen LogP contribution in [0, 0.1) is 13.8 Å². The zero-order valence-corrected chi connectivity index (χ0v) is 21.0. The van der Waals surface area contributed by atoms with Crippen molar-refractivity contribution in [3.8, 4) is 17.2 Å². The van der Waals surface area contributed by atoms with Crippen molar-refractivity contribution in [2.45, 2.75) is 25.7 Å². The van der Waals surface area contributed by atoms with Crippen LogP contribution in [0.4, 0.5) is 0 Å². The second kappa shape index (κ2) is 10.2. The van der Waals surface area contributed by atoms with E-state index >= 15 is 0 Å². The van der Waals surface area contributed by atoms with Gasteiger partial charge in [-0.3, -0.25) is 0 Å². The van der Waals surface area contributed by atoms with Crippen molar-refractivity contribution < 1.29 is 15.3 Å². The first-order chi connectivity index (χ1) is 17.9. The Hall–Kier alpha value is -4.50. The van der Waals surface area contributed by atoms with E-state index in [9.17, 15) is 15.3 Å². The van der Waals surface area contributed by atoms with Crippen molar-refractivity contribution in [2.24, 2.45) is 0 Å². The highest BCUT2D eigenvalue weighted by molar-refractivity contribution is 5.51. The Kier molecular flexibility index (Phi) is 6.70. The van der Waals surface area contributed by atoms with Gasteiger partial charge in [-0.2, -0.15) is 0 Å². The SMILES string of the molecule is Cc1cc(C(c2ccc(C(c3ccccc3)c3ccc(O)cc3)cc2)c2ccc(O)c(C)c2)ccc1O. The number of aryl methyl sites for hydroxylation is 2. The molecule has 0 heterocycles. The van der Waals surface area contributed by atoms with Gasteiger partial charge in [-0.1, -0.05) is 91.0 Å². The summed E-state index contributed by atoms with van der Waals surface area (Å²) in [6, 6.07) is 37.9. The minimum absolute atomic E-state index is 0.0288. The van der Waals surface area contributed by atoms with Gasteiger partial charge in [-0.05, 0) is 82.6 Å². The normalized spacial score (nSPS) is 12.0. The average Bonchev–Trinajstić information content (AvgIpc) is 2.91. The lowest BCUT2D eigenvalue weighted by Crippen LogP contribution is -2.06. The molecule has 1 atom stereocenters. The molecule has 0 bridgehead atoms. The minimum atomic E-state index is -0.0588. The highest BCUT2D eigenvalue weighted by Crippen LogP contribution is 2.38. The molecule has 0 spiro atoms. The van der Waals surface area contributed by atoms with Crippen LogP contribution >= 0.6 is 0 Å². The first-order valence-corrected chi connectivity index (χ1v) is 12.4. The zero-order chi connectivity index (χ0) is 25.9. The van der Waals surface area contributed by atoms with Crippen LogP contribution in [0.5, 0.6) is 17.2 Å². The van der Waals surface area contributed by atoms with Crippen molar-refractivity contribution >= 4 is 0 Å². The highest BCUT2D eigenvalue weighted by Gasteiger charge is 2.21. The van der Waals surface area contributed by atoms with Gasteiger partial charge in [0.2, 0.25) is 0 Å². The van der Waals surface area contributed by atoms with E-state index in [0.29, 0.717) is 0 Å². The molecule has 3 N–H and O–H groups in total.